The number of fused-ring (bicyclic) bond motifs is 1. The second kappa shape index (κ2) is 5.78. The number of nitro groups is 1. The number of carbonyl (C=O) groups excluding carboxylic acids is 2. The Kier molecular flexibility index (Phi) is 3.91. The number of halogens is 1. The van der Waals surface area contributed by atoms with Gasteiger partial charge in [-0.25, -0.2) is 4.98 Å². The van der Waals surface area contributed by atoms with E-state index in [4.69, 9.17) is 0 Å². The number of non-ortho nitro benzene ring substituents is 1. The van der Waals surface area contributed by atoms with Crippen molar-refractivity contribution >= 4 is 44.3 Å². The van der Waals surface area contributed by atoms with Crippen LogP contribution >= 0.6 is 15.9 Å². The average Bonchev–Trinajstić information content (AvgIpc) is 2.47. The maximum Gasteiger partial charge on any atom is 0.285 e. The number of rotatable bonds is 2. The quantitative estimate of drug-likeness (QED) is 0.465. The van der Waals surface area contributed by atoms with Crippen LogP contribution in [-0.2, 0) is 9.59 Å². The summed E-state index contributed by atoms with van der Waals surface area (Å²) in [4.78, 5) is 51.0. The molecule has 1 aliphatic heterocycles. The lowest BCUT2D eigenvalue weighted by Gasteiger charge is -2.24. The molecule has 10 heteroatoms. The molecular weight excluding hydrogens is 384 g/mol. The molecule has 1 unspecified atom stereocenters. The molecule has 1 aliphatic rings. The van der Waals surface area contributed by atoms with Gasteiger partial charge in [-0.1, -0.05) is 15.9 Å². The molecule has 9 nitrogen and oxygen atoms in total. The molecule has 124 valence electrons. The van der Waals surface area contributed by atoms with Gasteiger partial charge in [0, 0.05) is 17.0 Å². The number of hydrogen-bond donors (Lipinski definition) is 1. The Hall–Kier alpha value is -2.62. The maximum atomic E-state index is 12.9. The lowest BCUT2D eigenvalue weighted by molar-refractivity contribution is -0.383. The van der Waals surface area contributed by atoms with Crippen LogP contribution in [0.5, 0.6) is 0 Å². The van der Waals surface area contributed by atoms with Crippen LogP contribution in [0.4, 0.5) is 5.69 Å². The summed E-state index contributed by atoms with van der Waals surface area (Å²) >= 11 is 3.16. The number of carbonyl (C=O) groups is 2. The second-order valence-corrected chi connectivity index (χ2v) is 6.29. The van der Waals surface area contributed by atoms with E-state index in [0.717, 1.165) is 4.57 Å². The van der Waals surface area contributed by atoms with Gasteiger partial charge in [0.2, 0.25) is 11.8 Å². The van der Waals surface area contributed by atoms with E-state index < -0.39 is 34.0 Å². The third-order valence-corrected chi connectivity index (χ3v) is 4.30. The summed E-state index contributed by atoms with van der Waals surface area (Å²) in [5.41, 5.74) is -0.897. The van der Waals surface area contributed by atoms with E-state index in [2.05, 4.69) is 26.2 Å². The van der Waals surface area contributed by atoms with Gasteiger partial charge in [-0.15, -0.1) is 0 Å². The zero-order chi connectivity index (χ0) is 17.6. The van der Waals surface area contributed by atoms with Crippen molar-refractivity contribution in [1.29, 1.82) is 0 Å². The molecule has 1 aromatic heterocycles. The largest absolute Gasteiger partial charge is 0.295 e. The van der Waals surface area contributed by atoms with Gasteiger partial charge >= 0.3 is 0 Å². The van der Waals surface area contributed by atoms with Crippen LogP contribution in [0.15, 0.2) is 21.4 Å². The smallest absolute Gasteiger partial charge is 0.285 e. The number of piperidine rings is 1. The van der Waals surface area contributed by atoms with E-state index in [1.54, 1.807) is 0 Å². The number of nitrogens with zero attached hydrogens (tertiary/aromatic N) is 3. The summed E-state index contributed by atoms with van der Waals surface area (Å²) < 4.78 is 1.54. The van der Waals surface area contributed by atoms with Gasteiger partial charge in [0.15, 0.2) is 0 Å². The fraction of sp³-hybridized carbons (Fsp3) is 0.286. The minimum atomic E-state index is -0.921. The van der Waals surface area contributed by atoms with Gasteiger partial charge in [-0.3, -0.25) is 34.4 Å². The lowest BCUT2D eigenvalue weighted by Crippen LogP contribution is -2.45. The van der Waals surface area contributed by atoms with E-state index in [1.807, 2.05) is 0 Å². The van der Waals surface area contributed by atoms with E-state index in [-0.39, 0.29) is 29.6 Å². The third-order valence-electron chi connectivity index (χ3n) is 3.84. The molecule has 1 aromatic carbocycles. The Morgan fingerprint density at radius 3 is 2.71 bits per heavy atom. The fourth-order valence-corrected chi connectivity index (χ4v) is 3.25. The summed E-state index contributed by atoms with van der Waals surface area (Å²) in [5.74, 6) is -0.780. The normalized spacial score (nSPS) is 17.8. The molecule has 0 aliphatic carbocycles. The van der Waals surface area contributed by atoms with Gasteiger partial charge in [0.05, 0.1) is 10.4 Å². The number of aromatic nitrogens is 2. The van der Waals surface area contributed by atoms with Gasteiger partial charge in [0.1, 0.15) is 17.3 Å². The lowest BCUT2D eigenvalue weighted by atomic mass is 10.1. The fourth-order valence-electron chi connectivity index (χ4n) is 2.82. The van der Waals surface area contributed by atoms with Crippen molar-refractivity contribution in [3.05, 3.63) is 42.9 Å². The first kappa shape index (κ1) is 16.2. The van der Waals surface area contributed by atoms with Gasteiger partial charge in [-0.05, 0) is 19.4 Å². The van der Waals surface area contributed by atoms with E-state index in [0.29, 0.717) is 4.47 Å². The van der Waals surface area contributed by atoms with Crippen LogP contribution in [0.3, 0.4) is 0 Å². The highest BCUT2D eigenvalue weighted by molar-refractivity contribution is 9.10. The van der Waals surface area contributed by atoms with Crippen molar-refractivity contribution in [3.8, 4) is 0 Å². The SMILES string of the molecule is Cc1nc2cc(Br)cc([N+](=O)[O-])c2c(=O)n1C1CCC(=O)NC1=O. The van der Waals surface area contributed by atoms with Crippen molar-refractivity contribution in [3.63, 3.8) is 0 Å². The maximum absolute atomic E-state index is 12.9. The molecule has 3 rings (SSSR count). The Morgan fingerprint density at radius 2 is 2.08 bits per heavy atom. The summed E-state index contributed by atoms with van der Waals surface area (Å²) in [6.07, 6.45) is 0.228. The Balaban J connectivity index is 2.31. The van der Waals surface area contributed by atoms with E-state index in [9.17, 15) is 24.5 Å². The molecule has 24 heavy (non-hydrogen) atoms. The summed E-state index contributed by atoms with van der Waals surface area (Å²) in [6.45, 7) is 1.54. The minimum Gasteiger partial charge on any atom is -0.295 e. The van der Waals surface area contributed by atoms with Crippen molar-refractivity contribution in [1.82, 2.24) is 14.9 Å². The molecule has 1 atom stereocenters. The van der Waals surface area contributed by atoms with Crippen LogP contribution in [-0.4, -0.2) is 26.3 Å². The van der Waals surface area contributed by atoms with Crippen LogP contribution in [0.2, 0.25) is 0 Å². The number of hydrogen-bond acceptors (Lipinski definition) is 6. The van der Waals surface area contributed by atoms with Gasteiger partial charge in [0.25, 0.3) is 11.2 Å². The van der Waals surface area contributed by atoms with Crippen molar-refractivity contribution < 1.29 is 14.5 Å². The molecule has 0 bridgehead atoms. The molecule has 1 fully saturated rings. The molecule has 1 N–H and O–H groups in total. The topological polar surface area (TPSA) is 124 Å². The molecule has 2 amide bonds. The molecule has 0 radical (unpaired) electrons. The number of imide groups is 1. The predicted octanol–water partition coefficient (Wildman–Crippen LogP) is 1.35. The van der Waals surface area contributed by atoms with E-state index in [1.165, 1.54) is 19.1 Å². The summed E-state index contributed by atoms with van der Waals surface area (Å²) in [7, 11) is 0. The van der Waals surface area contributed by atoms with Crippen molar-refractivity contribution in [2.24, 2.45) is 0 Å². The Labute approximate surface area is 143 Å². The summed E-state index contributed by atoms with van der Waals surface area (Å²) in [5, 5.41) is 13.3. The number of amides is 2. The molecule has 1 saturated heterocycles. The Morgan fingerprint density at radius 1 is 1.38 bits per heavy atom. The number of nitro benzene ring substituents is 1. The number of benzene rings is 1. The molecule has 2 heterocycles. The summed E-state index contributed by atoms with van der Waals surface area (Å²) in [6, 6.07) is 1.80. The zero-order valence-electron chi connectivity index (χ0n) is 12.4. The van der Waals surface area contributed by atoms with Gasteiger partial charge in [-0.2, -0.15) is 0 Å². The zero-order valence-corrected chi connectivity index (χ0v) is 14.0. The highest BCUT2D eigenvalue weighted by Crippen LogP contribution is 2.28. The Bertz CT molecular complexity index is 968. The van der Waals surface area contributed by atoms with Crippen LogP contribution in [0, 0.1) is 17.0 Å². The predicted molar refractivity (Wildman–Crippen MR) is 86.5 cm³/mol. The molecule has 0 saturated carbocycles. The van der Waals surface area contributed by atoms with Crippen molar-refractivity contribution in [2.45, 2.75) is 25.8 Å². The minimum absolute atomic E-state index is 0.0861. The van der Waals surface area contributed by atoms with Gasteiger partial charge < -0.3 is 0 Å². The number of nitrogens with one attached hydrogen (secondary N) is 1. The van der Waals surface area contributed by atoms with Crippen LogP contribution in [0.25, 0.3) is 10.9 Å². The first-order valence-electron chi connectivity index (χ1n) is 7.00. The monoisotopic (exact) mass is 394 g/mol. The first-order chi connectivity index (χ1) is 11.3. The average molecular weight is 395 g/mol. The number of aryl methyl sites for hydroxylation is 1. The van der Waals surface area contributed by atoms with Crippen LogP contribution in [0.1, 0.15) is 24.7 Å². The third kappa shape index (κ3) is 2.58. The van der Waals surface area contributed by atoms with Crippen molar-refractivity contribution in [2.75, 3.05) is 0 Å². The van der Waals surface area contributed by atoms with E-state index >= 15 is 0 Å². The first-order valence-corrected chi connectivity index (χ1v) is 7.79. The molecular formula is C14H11BrN4O5. The highest BCUT2D eigenvalue weighted by Gasteiger charge is 2.31. The second-order valence-electron chi connectivity index (χ2n) is 5.38. The molecule has 2 aromatic rings. The van der Waals surface area contributed by atoms with Crippen LogP contribution < -0.4 is 10.9 Å². The molecule has 0 spiro atoms. The highest BCUT2D eigenvalue weighted by atomic mass is 79.9. The standard InChI is InChI=1S/C14H11BrN4O5/c1-6-16-8-4-7(15)5-10(19(23)24)12(8)14(22)18(6)9-2-3-11(20)17-13(9)21/h4-5,9H,2-3H2,1H3,(H,17,20,21).